The van der Waals surface area contributed by atoms with Crippen LogP contribution in [0.3, 0.4) is 0 Å². The Morgan fingerprint density at radius 1 is 0.900 bits per heavy atom. The van der Waals surface area contributed by atoms with Crippen molar-refractivity contribution in [2.75, 3.05) is 6.61 Å². The predicted molar refractivity (Wildman–Crippen MR) is 144 cm³/mol. The average Bonchev–Trinajstić information content (AvgIpc) is 3.62. The quantitative estimate of drug-likeness (QED) is 0.175. The van der Waals surface area contributed by atoms with Gasteiger partial charge in [-0.25, -0.2) is 19.5 Å². The second-order valence-electron chi connectivity index (χ2n) is 9.88. The molecule has 2 aliphatic heterocycles. The Kier molecular flexibility index (Phi) is 7.73. The Hall–Kier alpha value is -2.73. The molecule has 210 valence electrons. The van der Waals surface area contributed by atoms with E-state index in [9.17, 15) is 4.57 Å². The van der Waals surface area contributed by atoms with Gasteiger partial charge in [0, 0.05) is 0 Å². The molecule has 4 atom stereocenters. The Balaban J connectivity index is 1.21. The van der Waals surface area contributed by atoms with Gasteiger partial charge in [-0.3, -0.25) is 18.1 Å². The summed E-state index contributed by atoms with van der Waals surface area (Å²) in [5, 5.41) is 0.231. The SMILES string of the molecule is CC1(C)O[C@@H]2[C@H](O1)[C@@H](COP(=O)(OCc1ccccc1)OCc1ccccc1)O[C@H]2n1cnc2c(Cl)ncnc21. The van der Waals surface area contributed by atoms with Gasteiger partial charge in [-0.05, 0) is 25.0 Å². The smallest absolute Gasteiger partial charge is 0.347 e. The van der Waals surface area contributed by atoms with Crippen LogP contribution in [0.2, 0.25) is 5.15 Å². The van der Waals surface area contributed by atoms with Crippen LogP contribution in [0.25, 0.3) is 11.2 Å². The van der Waals surface area contributed by atoms with Crippen LogP contribution in [0.4, 0.5) is 0 Å². The Labute approximate surface area is 235 Å². The number of nitrogens with zero attached hydrogens (tertiary/aromatic N) is 4. The second kappa shape index (κ2) is 11.3. The third kappa shape index (κ3) is 5.83. The number of hydrogen-bond donors (Lipinski definition) is 0. The first kappa shape index (κ1) is 27.4. The molecule has 2 fully saturated rings. The maximum atomic E-state index is 13.8. The Bertz CT molecular complexity index is 1460. The van der Waals surface area contributed by atoms with Crippen LogP contribution in [-0.2, 0) is 45.6 Å². The van der Waals surface area contributed by atoms with E-state index in [0.29, 0.717) is 11.2 Å². The zero-order chi connectivity index (χ0) is 27.7. The van der Waals surface area contributed by atoms with Gasteiger partial charge in [0.1, 0.15) is 30.2 Å². The molecule has 4 aromatic rings. The summed E-state index contributed by atoms with van der Waals surface area (Å²) in [6, 6.07) is 18.8. The van der Waals surface area contributed by atoms with Crippen molar-refractivity contribution in [2.24, 2.45) is 0 Å². The molecule has 40 heavy (non-hydrogen) atoms. The summed E-state index contributed by atoms with van der Waals surface area (Å²) in [4.78, 5) is 12.7. The van der Waals surface area contributed by atoms with E-state index in [2.05, 4.69) is 15.0 Å². The summed E-state index contributed by atoms with van der Waals surface area (Å²) in [5.74, 6) is -0.879. The fourth-order valence-electron chi connectivity index (χ4n) is 4.76. The lowest BCUT2D eigenvalue weighted by Crippen LogP contribution is -2.32. The number of phosphoric acid groups is 1. The molecule has 2 aliphatic rings. The summed E-state index contributed by atoms with van der Waals surface area (Å²) in [6.07, 6.45) is 0.542. The summed E-state index contributed by atoms with van der Waals surface area (Å²) in [7, 11) is -4.03. The number of hydrogen-bond acceptors (Lipinski definition) is 10. The predicted octanol–water partition coefficient (Wildman–Crippen LogP) is 5.46. The standard InChI is InChI=1S/C27H28ClN4O7P/c1-27(2)38-22-20(37-26(23(22)39-27)32-17-31-21-24(28)29-16-30-25(21)32)15-36-40(33,34-13-18-9-5-3-6-10-18)35-14-19-11-7-4-8-12-19/h3-12,16-17,20,22-23,26H,13-15H2,1-2H3/t20-,22-,23-,26-/m1/s1. The molecule has 6 rings (SSSR count). The van der Waals surface area contributed by atoms with Crippen molar-refractivity contribution in [3.05, 3.63) is 89.6 Å². The van der Waals surface area contributed by atoms with Gasteiger partial charge >= 0.3 is 7.82 Å². The molecule has 0 aliphatic carbocycles. The van der Waals surface area contributed by atoms with Gasteiger partial charge in [0.15, 0.2) is 22.8 Å². The molecule has 4 heterocycles. The first-order valence-electron chi connectivity index (χ1n) is 12.8. The van der Waals surface area contributed by atoms with Gasteiger partial charge in [-0.2, -0.15) is 0 Å². The van der Waals surface area contributed by atoms with Gasteiger partial charge < -0.3 is 14.2 Å². The third-order valence-corrected chi connectivity index (χ3v) is 8.21. The lowest BCUT2D eigenvalue weighted by molar-refractivity contribution is -0.199. The van der Waals surface area contributed by atoms with Crippen LogP contribution in [-0.4, -0.2) is 50.2 Å². The Morgan fingerprint density at radius 3 is 2.17 bits per heavy atom. The molecule has 0 amide bonds. The molecule has 0 spiro atoms. The highest BCUT2D eigenvalue weighted by atomic mass is 35.5. The van der Waals surface area contributed by atoms with Crippen molar-refractivity contribution >= 4 is 30.6 Å². The van der Waals surface area contributed by atoms with E-state index < -0.39 is 38.1 Å². The minimum Gasteiger partial charge on any atom is -0.347 e. The van der Waals surface area contributed by atoms with Crippen LogP contribution in [0.5, 0.6) is 0 Å². The molecular weight excluding hydrogens is 559 g/mol. The number of imidazole rings is 1. The van der Waals surface area contributed by atoms with Gasteiger partial charge in [-0.1, -0.05) is 72.3 Å². The van der Waals surface area contributed by atoms with Crippen molar-refractivity contribution in [1.29, 1.82) is 0 Å². The fraction of sp³-hybridized carbons (Fsp3) is 0.370. The maximum absolute atomic E-state index is 13.8. The zero-order valence-electron chi connectivity index (χ0n) is 21.8. The van der Waals surface area contributed by atoms with Crippen LogP contribution < -0.4 is 0 Å². The van der Waals surface area contributed by atoms with Gasteiger partial charge in [0.2, 0.25) is 0 Å². The van der Waals surface area contributed by atoms with Gasteiger partial charge in [0.05, 0.1) is 26.1 Å². The highest BCUT2D eigenvalue weighted by Crippen LogP contribution is 2.52. The molecule has 2 saturated heterocycles. The molecule has 11 nitrogen and oxygen atoms in total. The zero-order valence-corrected chi connectivity index (χ0v) is 23.5. The highest BCUT2D eigenvalue weighted by Gasteiger charge is 2.56. The first-order chi connectivity index (χ1) is 19.3. The van der Waals surface area contributed by atoms with E-state index in [0.717, 1.165) is 11.1 Å². The molecule has 0 saturated carbocycles. The summed E-state index contributed by atoms with van der Waals surface area (Å²) < 4.78 is 51.7. The van der Waals surface area contributed by atoms with E-state index >= 15 is 0 Å². The van der Waals surface area contributed by atoms with Crippen molar-refractivity contribution in [1.82, 2.24) is 19.5 Å². The topological polar surface area (TPSA) is 116 Å². The molecule has 0 N–H and O–H groups in total. The first-order valence-corrected chi connectivity index (χ1v) is 14.6. The Morgan fingerprint density at radius 2 is 1.52 bits per heavy atom. The number of ether oxygens (including phenoxy) is 3. The van der Waals surface area contributed by atoms with Gasteiger partial charge in [0.25, 0.3) is 0 Å². The summed E-state index contributed by atoms with van der Waals surface area (Å²) in [5.41, 5.74) is 2.58. The van der Waals surface area contributed by atoms with E-state index in [-0.39, 0.29) is 25.0 Å². The average molecular weight is 587 g/mol. The number of benzene rings is 2. The molecular formula is C27H28ClN4O7P. The fourth-order valence-corrected chi connectivity index (χ4v) is 6.10. The van der Waals surface area contributed by atoms with E-state index in [1.54, 1.807) is 10.9 Å². The van der Waals surface area contributed by atoms with Crippen molar-refractivity contribution in [3.63, 3.8) is 0 Å². The van der Waals surface area contributed by atoms with Crippen LogP contribution in [0.15, 0.2) is 73.3 Å². The summed E-state index contributed by atoms with van der Waals surface area (Å²) >= 11 is 6.21. The maximum Gasteiger partial charge on any atom is 0.475 e. The van der Waals surface area contributed by atoms with Crippen LogP contribution in [0, 0.1) is 0 Å². The molecule has 0 bridgehead atoms. The minimum absolute atomic E-state index is 0.0429. The third-order valence-electron chi connectivity index (χ3n) is 6.57. The number of fused-ring (bicyclic) bond motifs is 2. The lowest BCUT2D eigenvalue weighted by Gasteiger charge is -2.25. The lowest BCUT2D eigenvalue weighted by atomic mass is 10.1. The number of halogens is 1. The second-order valence-corrected chi connectivity index (χ2v) is 11.9. The van der Waals surface area contributed by atoms with Crippen molar-refractivity contribution in [3.8, 4) is 0 Å². The highest BCUT2D eigenvalue weighted by molar-refractivity contribution is 7.48. The van der Waals surface area contributed by atoms with E-state index in [4.69, 9.17) is 39.4 Å². The summed E-state index contributed by atoms with van der Waals surface area (Å²) in [6.45, 7) is 3.59. The number of aromatic nitrogens is 4. The molecule has 2 aromatic carbocycles. The van der Waals surface area contributed by atoms with Crippen molar-refractivity contribution in [2.45, 2.75) is 57.4 Å². The van der Waals surface area contributed by atoms with Crippen LogP contribution in [0.1, 0.15) is 31.2 Å². The normalized spacial score (nSPS) is 24.0. The van der Waals surface area contributed by atoms with Crippen LogP contribution >= 0.6 is 19.4 Å². The molecule has 2 aromatic heterocycles. The largest absolute Gasteiger partial charge is 0.475 e. The number of phosphoric ester groups is 1. The van der Waals surface area contributed by atoms with Crippen molar-refractivity contribution < 1.29 is 32.3 Å². The monoisotopic (exact) mass is 586 g/mol. The number of rotatable bonds is 10. The van der Waals surface area contributed by atoms with E-state index in [1.165, 1.54) is 6.33 Å². The molecule has 0 radical (unpaired) electrons. The minimum atomic E-state index is -4.03. The molecule has 13 heteroatoms. The van der Waals surface area contributed by atoms with Gasteiger partial charge in [-0.15, -0.1) is 0 Å². The molecule has 0 unspecified atom stereocenters. The van der Waals surface area contributed by atoms with E-state index in [1.807, 2.05) is 74.5 Å².